The van der Waals surface area contributed by atoms with Crippen LogP contribution in [0, 0.1) is 0 Å². The van der Waals surface area contributed by atoms with Crippen LogP contribution in [0.2, 0.25) is 0 Å². The topological polar surface area (TPSA) is 29.5 Å². The fourth-order valence-corrected chi connectivity index (χ4v) is 2.39. The van der Waals surface area contributed by atoms with Gasteiger partial charge in [-0.2, -0.15) is 0 Å². The molecule has 0 fully saturated rings. The van der Waals surface area contributed by atoms with Crippen LogP contribution < -0.4 is 0 Å². The summed E-state index contributed by atoms with van der Waals surface area (Å²) in [7, 11) is 4.06. The molecule has 0 saturated carbocycles. The summed E-state index contributed by atoms with van der Waals surface area (Å²) in [4.78, 5) is 15.7. The molecule has 0 unspecified atom stereocenters. The highest BCUT2D eigenvalue weighted by molar-refractivity contribution is 7.12. The van der Waals surface area contributed by atoms with E-state index in [-0.39, 0.29) is 5.97 Å². The molecular formula is C11H17NO2S. The minimum atomic E-state index is -0.143. The summed E-state index contributed by atoms with van der Waals surface area (Å²) in [6.07, 6.45) is 0.395. The predicted molar refractivity (Wildman–Crippen MR) is 62.0 cm³/mol. The molecule has 1 rings (SSSR count). The summed E-state index contributed by atoms with van der Waals surface area (Å²) in [5, 5.41) is 0. The Bertz CT molecular complexity index is 320. The van der Waals surface area contributed by atoms with Crippen molar-refractivity contribution in [2.75, 3.05) is 20.7 Å². The van der Waals surface area contributed by atoms with Gasteiger partial charge in [0, 0.05) is 16.3 Å². The maximum Gasteiger partial charge on any atom is 0.311 e. The lowest BCUT2D eigenvalue weighted by Gasteiger charge is -2.06. The Labute approximate surface area is 94.7 Å². The summed E-state index contributed by atoms with van der Waals surface area (Å²) in [6.45, 7) is 3.20. The van der Waals surface area contributed by atoms with Crippen molar-refractivity contribution in [2.45, 2.75) is 19.9 Å². The van der Waals surface area contributed by atoms with Crippen LogP contribution in [0.3, 0.4) is 0 Å². The monoisotopic (exact) mass is 227 g/mol. The Balaban J connectivity index is 2.49. The van der Waals surface area contributed by atoms with Gasteiger partial charge in [0.15, 0.2) is 0 Å². The Morgan fingerprint density at radius 3 is 2.67 bits per heavy atom. The molecule has 0 spiro atoms. The van der Waals surface area contributed by atoms with E-state index < -0.39 is 0 Å². The maximum atomic E-state index is 11.2. The van der Waals surface area contributed by atoms with Gasteiger partial charge in [0.1, 0.15) is 0 Å². The van der Waals surface area contributed by atoms with Gasteiger partial charge in [-0.3, -0.25) is 4.79 Å². The number of carbonyl (C=O) groups is 1. The first-order valence-electron chi connectivity index (χ1n) is 4.99. The summed E-state index contributed by atoms with van der Waals surface area (Å²) >= 11 is 1.67. The Hall–Kier alpha value is -0.870. The van der Waals surface area contributed by atoms with Crippen LogP contribution in [0.15, 0.2) is 12.1 Å². The fourth-order valence-electron chi connectivity index (χ4n) is 1.27. The molecule has 3 nitrogen and oxygen atoms in total. The van der Waals surface area contributed by atoms with Crippen LogP contribution in [0.5, 0.6) is 0 Å². The van der Waals surface area contributed by atoms with E-state index in [1.807, 2.05) is 27.1 Å². The summed E-state index contributed by atoms with van der Waals surface area (Å²) < 4.78 is 4.89. The van der Waals surface area contributed by atoms with Crippen LogP contribution in [-0.4, -0.2) is 31.6 Å². The first kappa shape index (κ1) is 12.2. The average molecular weight is 227 g/mol. The van der Waals surface area contributed by atoms with Crippen molar-refractivity contribution in [3.8, 4) is 0 Å². The second-order valence-electron chi connectivity index (χ2n) is 3.59. The van der Waals surface area contributed by atoms with Crippen LogP contribution in [0.4, 0.5) is 0 Å². The molecule has 0 N–H and O–H groups in total. The highest BCUT2D eigenvalue weighted by Crippen LogP contribution is 2.18. The molecule has 0 amide bonds. The fraction of sp³-hybridized carbons (Fsp3) is 0.545. The minimum Gasteiger partial charge on any atom is -0.466 e. The van der Waals surface area contributed by atoms with Gasteiger partial charge in [0.25, 0.3) is 0 Å². The van der Waals surface area contributed by atoms with E-state index in [2.05, 4.69) is 11.0 Å². The van der Waals surface area contributed by atoms with Gasteiger partial charge < -0.3 is 9.64 Å². The van der Waals surface area contributed by atoms with E-state index >= 15 is 0 Å². The van der Waals surface area contributed by atoms with Gasteiger partial charge in [-0.05, 0) is 33.2 Å². The zero-order valence-electron chi connectivity index (χ0n) is 9.45. The second-order valence-corrected chi connectivity index (χ2v) is 4.84. The van der Waals surface area contributed by atoms with Gasteiger partial charge in [-0.25, -0.2) is 0 Å². The molecule has 0 aliphatic rings. The Morgan fingerprint density at radius 2 is 2.07 bits per heavy atom. The number of hydrogen-bond acceptors (Lipinski definition) is 4. The molecule has 0 radical (unpaired) electrons. The number of thiophene rings is 1. The van der Waals surface area contributed by atoms with Crippen molar-refractivity contribution in [1.82, 2.24) is 4.90 Å². The molecule has 15 heavy (non-hydrogen) atoms. The zero-order chi connectivity index (χ0) is 11.3. The van der Waals surface area contributed by atoms with Gasteiger partial charge >= 0.3 is 5.97 Å². The van der Waals surface area contributed by atoms with E-state index in [1.165, 1.54) is 4.88 Å². The van der Waals surface area contributed by atoms with Gasteiger partial charge in [-0.15, -0.1) is 11.3 Å². The van der Waals surface area contributed by atoms with E-state index in [0.29, 0.717) is 13.0 Å². The molecule has 0 saturated heterocycles. The van der Waals surface area contributed by atoms with Gasteiger partial charge in [0.05, 0.1) is 13.0 Å². The Kier molecular flexibility index (Phi) is 4.78. The molecule has 1 heterocycles. The van der Waals surface area contributed by atoms with Crippen molar-refractivity contribution in [3.05, 3.63) is 21.9 Å². The largest absolute Gasteiger partial charge is 0.466 e. The molecule has 0 aliphatic heterocycles. The first-order valence-corrected chi connectivity index (χ1v) is 5.81. The third-order valence-electron chi connectivity index (χ3n) is 1.81. The van der Waals surface area contributed by atoms with Crippen molar-refractivity contribution < 1.29 is 9.53 Å². The van der Waals surface area contributed by atoms with Crippen molar-refractivity contribution in [3.63, 3.8) is 0 Å². The molecule has 0 atom stereocenters. The van der Waals surface area contributed by atoms with Gasteiger partial charge in [-0.1, -0.05) is 0 Å². The van der Waals surface area contributed by atoms with Crippen LogP contribution in [0.25, 0.3) is 0 Å². The zero-order valence-corrected chi connectivity index (χ0v) is 10.3. The van der Waals surface area contributed by atoms with Gasteiger partial charge in [0.2, 0.25) is 0 Å². The lowest BCUT2D eigenvalue weighted by atomic mass is 10.3. The van der Waals surface area contributed by atoms with Crippen LogP contribution in [-0.2, 0) is 22.5 Å². The SMILES string of the molecule is CCOC(=O)Cc1ccc(CN(C)C)s1. The summed E-state index contributed by atoms with van der Waals surface area (Å²) in [5.74, 6) is -0.143. The van der Waals surface area contributed by atoms with E-state index in [4.69, 9.17) is 4.74 Å². The highest BCUT2D eigenvalue weighted by atomic mass is 32.1. The lowest BCUT2D eigenvalue weighted by molar-refractivity contribution is -0.142. The molecule has 4 heteroatoms. The third kappa shape index (κ3) is 4.44. The number of esters is 1. The molecule has 84 valence electrons. The first-order chi connectivity index (χ1) is 7.11. The maximum absolute atomic E-state index is 11.2. The molecule has 0 aliphatic carbocycles. The Morgan fingerprint density at radius 1 is 1.40 bits per heavy atom. The number of ether oxygens (including phenoxy) is 1. The van der Waals surface area contributed by atoms with Crippen molar-refractivity contribution in [1.29, 1.82) is 0 Å². The lowest BCUT2D eigenvalue weighted by Crippen LogP contribution is -2.09. The molecule has 1 aromatic rings. The van der Waals surface area contributed by atoms with E-state index in [1.54, 1.807) is 11.3 Å². The number of hydrogen-bond donors (Lipinski definition) is 0. The number of carbonyl (C=O) groups excluding carboxylic acids is 1. The van der Waals surface area contributed by atoms with E-state index in [9.17, 15) is 4.79 Å². The predicted octanol–water partition coefficient (Wildman–Crippen LogP) is 1.92. The van der Waals surface area contributed by atoms with Crippen LogP contribution >= 0.6 is 11.3 Å². The molecular weight excluding hydrogens is 210 g/mol. The smallest absolute Gasteiger partial charge is 0.311 e. The highest BCUT2D eigenvalue weighted by Gasteiger charge is 2.07. The molecule has 0 bridgehead atoms. The van der Waals surface area contributed by atoms with E-state index in [0.717, 1.165) is 11.4 Å². The third-order valence-corrected chi connectivity index (χ3v) is 2.88. The number of nitrogens with zero attached hydrogens (tertiary/aromatic N) is 1. The molecule has 0 aromatic carbocycles. The summed E-state index contributed by atoms with van der Waals surface area (Å²) in [5.41, 5.74) is 0. The second kappa shape index (κ2) is 5.88. The molecule has 1 aromatic heterocycles. The quantitative estimate of drug-likeness (QED) is 0.720. The summed E-state index contributed by atoms with van der Waals surface area (Å²) in [6, 6.07) is 4.07. The van der Waals surface area contributed by atoms with Crippen molar-refractivity contribution >= 4 is 17.3 Å². The van der Waals surface area contributed by atoms with Crippen LogP contribution in [0.1, 0.15) is 16.7 Å². The normalized spacial score (nSPS) is 10.7. The van der Waals surface area contributed by atoms with Crippen molar-refractivity contribution in [2.24, 2.45) is 0 Å². The average Bonchev–Trinajstić information content (AvgIpc) is 2.51. The number of rotatable bonds is 5. The standard InChI is InChI=1S/C11H17NO2S/c1-4-14-11(13)7-9-5-6-10(15-9)8-12(2)3/h5-6H,4,7-8H2,1-3H3. The minimum absolute atomic E-state index is 0.143.